The number of likely N-dealkylation sites (N-methyl/N-ethyl adjacent to an activating group) is 1. The van der Waals surface area contributed by atoms with Gasteiger partial charge in [0.25, 0.3) is 0 Å². The van der Waals surface area contributed by atoms with Crippen LogP contribution in [0, 0.1) is 0 Å². The van der Waals surface area contributed by atoms with Crippen LogP contribution in [0.2, 0.25) is 0 Å². The van der Waals surface area contributed by atoms with Crippen molar-refractivity contribution < 1.29 is 4.74 Å². The molecule has 0 atom stereocenters. The zero-order chi connectivity index (χ0) is 12.3. The molecule has 90 valence electrons. The monoisotopic (exact) mass is 223 g/mol. The topological polar surface area (TPSA) is 64.5 Å². The smallest absolute Gasteiger partial charge is 0.142 e. The lowest BCUT2D eigenvalue weighted by atomic mass is 10.1. The van der Waals surface area contributed by atoms with Gasteiger partial charge in [0.05, 0.1) is 5.69 Å². The van der Waals surface area contributed by atoms with Crippen molar-refractivity contribution in [2.45, 2.75) is 19.4 Å². The summed E-state index contributed by atoms with van der Waals surface area (Å²) >= 11 is 0. The molecular formula is C12H21N3O. The zero-order valence-corrected chi connectivity index (χ0v) is 10.4. The molecule has 0 aliphatic rings. The largest absolute Gasteiger partial charge is 0.490 e. The molecule has 0 fully saturated rings. The van der Waals surface area contributed by atoms with Crippen LogP contribution in [0.25, 0.3) is 0 Å². The summed E-state index contributed by atoms with van der Waals surface area (Å²) in [6.45, 7) is 4.80. The Morgan fingerprint density at radius 3 is 2.38 bits per heavy atom. The van der Waals surface area contributed by atoms with E-state index < -0.39 is 0 Å². The molecule has 0 bridgehead atoms. The maximum absolute atomic E-state index is 5.81. The summed E-state index contributed by atoms with van der Waals surface area (Å²) in [6, 6.07) is 5.29. The van der Waals surface area contributed by atoms with Crippen LogP contribution >= 0.6 is 0 Å². The SMILES string of the molecule is CN(C)C(C)(C)COc1ccc(N)cc1N. The average molecular weight is 223 g/mol. The number of rotatable bonds is 4. The van der Waals surface area contributed by atoms with E-state index in [0.717, 1.165) is 0 Å². The summed E-state index contributed by atoms with van der Waals surface area (Å²) in [5.41, 5.74) is 12.6. The Hall–Kier alpha value is -1.42. The predicted molar refractivity (Wildman–Crippen MR) is 68.5 cm³/mol. The lowest BCUT2D eigenvalue weighted by Gasteiger charge is -2.32. The van der Waals surface area contributed by atoms with E-state index in [2.05, 4.69) is 18.7 Å². The molecule has 0 unspecified atom stereocenters. The van der Waals surface area contributed by atoms with Gasteiger partial charge in [-0.25, -0.2) is 0 Å². The third-order valence-electron chi connectivity index (χ3n) is 2.83. The fraction of sp³-hybridized carbons (Fsp3) is 0.500. The Kier molecular flexibility index (Phi) is 3.65. The first-order chi connectivity index (χ1) is 7.33. The molecule has 0 aliphatic carbocycles. The molecule has 4 heteroatoms. The summed E-state index contributed by atoms with van der Waals surface area (Å²) in [7, 11) is 4.05. The Morgan fingerprint density at radius 1 is 1.25 bits per heavy atom. The highest BCUT2D eigenvalue weighted by Crippen LogP contribution is 2.25. The number of benzene rings is 1. The third-order valence-corrected chi connectivity index (χ3v) is 2.83. The first-order valence-electron chi connectivity index (χ1n) is 5.28. The summed E-state index contributed by atoms with van der Waals surface area (Å²) in [5, 5.41) is 0. The zero-order valence-electron chi connectivity index (χ0n) is 10.4. The molecule has 0 heterocycles. The highest BCUT2D eigenvalue weighted by molar-refractivity contribution is 5.60. The van der Waals surface area contributed by atoms with Crippen LogP contribution in [0.15, 0.2) is 18.2 Å². The maximum Gasteiger partial charge on any atom is 0.142 e. The first-order valence-corrected chi connectivity index (χ1v) is 5.28. The first kappa shape index (κ1) is 12.6. The number of hydrogen-bond acceptors (Lipinski definition) is 4. The molecule has 0 radical (unpaired) electrons. The molecule has 1 rings (SSSR count). The van der Waals surface area contributed by atoms with Gasteiger partial charge in [0.15, 0.2) is 0 Å². The summed E-state index contributed by atoms with van der Waals surface area (Å²) in [6.07, 6.45) is 0. The Labute approximate surface area is 97.2 Å². The van der Waals surface area contributed by atoms with Crippen LogP contribution in [0.5, 0.6) is 5.75 Å². The number of hydrogen-bond donors (Lipinski definition) is 2. The van der Waals surface area contributed by atoms with Crippen LogP contribution in [-0.4, -0.2) is 31.1 Å². The number of nitrogens with two attached hydrogens (primary N) is 2. The highest BCUT2D eigenvalue weighted by atomic mass is 16.5. The fourth-order valence-corrected chi connectivity index (χ4v) is 1.08. The third kappa shape index (κ3) is 3.03. The highest BCUT2D eigenvalue weighted by Gasteiger charge is 2.21. The summed E-state index contributed by atoms with van der Waals surface area (Å²) < 4.78 is 5.70. The molecule has 0 amide bonds. The maximum atomic E-state index is 5.81. The van der Waals surface area contributed by atoms with Crippen molar-refractivity contribution >= 4 is 11.4 Å². The van der Waals surface area contributed by atoms with Gasteiger partial charge in [-0.3, -0.25) is 0 Å². The number of ether oxygens (including phenoxy) is 1. The predicted octanol–water partition coefficient (Wildman–Crippen LogP) is 1.57. The van der Waals surface area contributed by atoms with E-state index in [1.54, 1.807) is 18.2 Å². The van der Waals surface area contributed by atoms with Crippen LogP contribution < -0.4 is 16.2 Å². The molecule has 0 aromatic heterocycles. The van der Waals surface area contributed by atoms with Crippen LogP contribution in [0.3, 0.4) is 0 Å². The van der Waals surface area contributed by atoms with Crippen molar-refractivity contribution in [1.29, 1.82) is 0 Å². The number of nitrogen functional groups attached to an aromatic ring is 2. The van der Waals surface area contributed by atoms with E-state index in [9.17, 15) is 0 Å². The quantitative estimate of drug-likeness (QED) is 0.760. The van der Waals surface area contributed by atoms with Gasteiger partial charge < -0.3 is 21.1 Å². The molecule has 1 aromatic rings. The lowest BCUT2D eigenvalue weighted by Crippen LogP contribution is -2.43. The van der Waals surface area contributed by atoms with E-state index in [0.29, 0.717) is 23.7 Å². The molecule has 0 spiro atoms. The van der Waals surface area contributed by atoms with Crippen molar-refractivity contribution in [3.63, 3.8) is 0 Å². The minimum atomic E-state index is -0.0339. The average Bonchev–Trinajstić information content (AvgIpc) is 2.16. The van der Waals surface area contributed by atoms with Gasteiger partial charge in [0.1, 0.15) is 12.4 Å². The van der Waals surface area contributed by atoms with Crippen molar-refractivity contribution in [3.8, 4) is 5.75 Å². The molecule has 0 aliphatic heterocycles. The van der Waals surface area contributed by atoms with Crippen molar-refractivity contribution in [1.82, 2.24) is 4.90 Å². The Morgan fingerprint density at radius 2 is 1.88 bits per heavy atom. The van der Waals surface area contributed by atoms with Crippen molar-refractivity contribution in [2.24, 2.45) is 0 Å². The molecule has 4 nitrogen and oxygen atoms in total. The van der Waals surface area contributed by atoms with Gasteiger partial charge in [-0.1, -0.05) is 0 Å². The molecule has 1 aromatic carbocycles. The summed E-state index contributed by atoms with van der Waals surface area (Å²) in [4.78, 5) is 2.11. The summed E-state index contributed by atoms with van der Waals surface area (Å²) in [5.74, 6) is 0.684. The second-order valence-corrected chi connectivity index (χ2v) is 4.79. The molecule has 0 saturated heterocycles. The van der Waals surface area contributed by atoms with Crippen LogP contribution in [0.4, 0.5) is 11.4 Å². The van der Waals surface area contributed by atoms with Gasteiger partial charge in [-0.2, -0.15) is 0 Å². The second kappa shape index (κ2) is 4.61. The molecule has 4 N–H and O–H groups in total. The fourth-order valence-electron chi connectivity index (χ4n) is 1.08. The van der Waals surface area contributed by atoms with Crippen molar-refractivity contribution in [3.05, 3.63) is 18.2 Å². The van der Waals surface area contributed by atoms with E-state index in [1.807, 2.05) is 14.1 Å². The minimum Gasteiger partial charge on any atom is -0.490 e. The van der Waals surface area contributed by atoms with Crippen LogP contribution in [-0.2, 0) is 0 Å². The molecule has 0 saturated carbocycles. The van der Waals surface area contributed by atoms with Gasteiger partial charge in [0, 0.05) is 11.2 Å². The molecular weight excluding hydrogens is 202 g/mol. The van der Waals surface area contributed by atoms with Gasteiger partial charge in [0.2, 0.25) is 0 Å². The standard InChI is InChI=1S/C12H21N3O/c1-12(2,15(3)4)8-16-11-6-5-9(13)7-10(11)14/h5-7H,8,13-14H2,1-4H3. The normalized spacial score (nSPS) is 11.8. The van der Waals surface area contributed by atoms with Gasteiger partial charge in [-0.05, 0) is 46.1 Å². The van der Waals surface area contributed by atoms with Gasteiger partial charge in [-0.15, -0.1) is 0 Å². The van der Waals surface area contributed by atoms with E-state index >= 15 is 0 Å². The van der Waals surface area contributed by atoms with E-state index in [1.165, 1.54) is 0 Å². The van der Waals surface area contributed by atoms with Gasteiger partial charge >= 0.3 is 0 Å². The van der Waals surface area contributed by atoms with Crippen LogP contribution in [0.1, 0.15) is 13.8 Å². The van der Waals surface area contributed by atoms with Crippen molar-refractivity contribution in [2.75, 3.05) is 32.2 Å². The minimum absolute atomic E-state index is 0.0339. The Balaban J connectivity index is 2.68. The second-order valence-electron chi connectivity index (χ2n) is 4.79. The number of anilines is 2. The molecule has 16 heavy (non-hydrogen) atoms. The van der Waals surface area contributed by atoms with E-state index in [-0.39, 0.29) is 5.54 Å². The lowest BCUT2D eigenvalue weighted by molar-refractivity contribution is 0.114. The van der Waals surface area contributed by atoms with E-state index in [4.69, 9.17) is 16.2 Å². The Bertz CT molecular complexity index is 361. The number of nitrogens with zero attached hydrogens (tertiary/aromatic N) is 1.